The number of nitrogens with zero attached hydrogens (tertiary/aromatic N) is 1. The average molecular weight is 477 g/mol. The Bertz CT molecular complexity index is 1240. The quantitative estimate of drug-likeness (QED) is 0.466. The van der Waals surface area contributed by atoms with Crippen molar-refractivity contribution in [2.45, 2.75) is 12.2 Å². The van der Waals surface area contributed by atoms with E-state index in [4.69, 9.17) is 17.3 Å². The van der Waals surface area contributed by atoms with E-state index in [-0.39, 0.29) is 17.2 Å². The number of anilines is 2. The lowest BCUT2D eigenvalue weighted by Gasteiger charge is -2.11. The van der Waals surface area contributed by atoms with Crippen LogP contribution in [0.3, 0.4) is 0 Å². The van der Waals surface area contributed by atoms with E-state index in [1.165, 1.54) is 0 Å². The fourth-order valence-electron chi connectivity index (χ4n) is 3.19. The number of halogens is 1. The summed E-state index contributed by atoms with van der Waals surface area (Å²) < 4.78 is 0. The minimum Gasteiger partial charge on any atom is -0.400 e. The van der Waals surface area contributed by atoms with Crippen LogP contribution in [-0.4, -0.2) is 22.1 Å². The van der Waals surface area contributed by atoms with E-state index in [1.54, 1.807) is 24.3 Å². The summed E-state index contributed by atoms with van der Waals surface area (Å²) in [5, 5.41) is 5.83. The maximum atomic E-state index is 13.2. The highest BCUT2D eigenvalue weighted by molar-refractivity contribution is 8.16. The van der Waals surface area contributed by atoms with Gasteiger partial charge in [-0.1, -0.05) is 59.3 Å². The molecule has 6 nitrogen and oxygen atoms in total. The molecule has 0 spiro atoms. The summed E-state index contributed by atoms with van der Waals surface area (Å²) in [6.45, 7) is 1.97. The summed E-state index contributed by atoms with van der Waals surface area (Å²) in [6.07, 6.45) is 0. The van der Waals surface area contributed by atoms with Crippen molar-refractivity contribution in [1.82, 2.24) is 0 Å². The SMILES string of the molecule is Cc1ccc(NC(=O)C2SC(=Nc3ccccc3)C(C(=O)Nc3ccc(Cl)cc3)=C2N)cc1. The normalized spacial score (nSPS) is 16.7. The monoisotopic (exact) mass is 476 g/mol. The van der Waals surface area contributed by atoms with Crippen LogP contribution in [0.25, 0.3) is 0 Å². The van der Waals surface area contributed by atoms with Crippen LogP contribution >= 0.6 is 23.4 Å². The summed E-state index contributed by atoms with van der Waals surface area (Å²) >= 11 is 7.08. The van der Waals surface area contributed by atoms with Crippen molar-refractivity contribution in [3.05, 3.63) is 101 Å². The van der Waals surface area contributed by atoms with Gasteiger partial charge in [0.05, 0.1) is 11.3 Å². The highest BCUT2D eigenvalue weighted by Crippen LogP contribution is 2.36. The summed E-state index contributed by atoms with van der Waals surface area (Å²) in [5.74, 6) is -0.765. The second-order valence-corrected chi connectivity index (χ2v) is 8.93. The number of carbonyl (C=O) groups excluding carboxylic acids is 2. The first kappa shape index (κ1) is 22.6. The number of hydrogen-bond donors (Lipinski definition) is 3. The number of nitrogens with two attached hydrogens (primary N) is 1. The van der Waals surface area contributed by atoms with Gasteiger partial charge < -0.3 is 16.4 Å². The van der Waals surface area contributed by atoms with Gasteiger partial charge in [0.25, 0.3) is 5.91 Å². The molecule has 1 aliphatic rings. The minimum absolute atomic E-state index is 0.158. The van der Waals surface area contributed by atoms with Gasteiger partial charge in [0, 0.05) is 22.1 Å². The largest absolute Gasteiger partial charge is 0.400 e. The first-order valence-electron chi connectivity index (χ1n) is 10.2. The molecule has 4 rings (SSSR count). The van der Waals surface area contributed by atoms with Crippen LogP contribution in [0.15, 0.2) is 95.1 Å². The molecule has 166 valence electrons. The van der Waals surface area contributed by atoms with E-state index in [1.807, 2.05) is 61.5 Å². The van der Waals surface area contributed by atoms with Crippen LogP contribution in [0.1, 0.15) is 5.56 Å². The zero-order chi connectivity index (χ0) is 23.4. The van der Waals surface area contributed by atoms with E-state index in [2.05, 4.69) is 15.6 Å². The fourth-order valence-corrected chi connectivity index (χ4v) is 4.43. The maximum Gasteiger partial charge on any atom is 0.260 e. The van der Waals surface area contributed by atoms with Gasteiger partial charge >= 0.3 is 0 Å². The standard InChI is InChI=1S/C25H21ClN4O2S/c1-15-7-11-18(12-8-15)29-24(32)22-21(27)20(23(31)28-19-13-9-16(26)10-14-19)25(33-22)30-17-5-3-2-4-6-17/h2-14,22H,27H2,1H3,(H,28,31)(H,29,32). The van der Waals surface area contributed by atoms with Gasteiger partial charge in [-0.3, -0.25) is 9.59 Å². The zero-order valence-corrected chi connectivity index (χ0v) is 19.3. The third kappa shape index (κ3) is 5.45. The third-order valence-electron chi connectivity index (χ3n) is 4.89. The topological polar surface area (TPSA) is 96.6 Å². The van der Waals surface area contributed by atoms with Gasteiger partial charge in [-0.2, -0.15) is 0 Å². The zero-order valence-electron chi connectivity index (χ0n) is 17.7. The lowest BCUT2D eigenvalue weighted by molar-refractivity contribution is -0.115. The third-order valence-corrected chi connectivity index (χ3v) is 6.36. The number of hydrogen-bond acceptors (Lipinski definition) is 5. The molecule has 8 heteroatoms. The summed E-state index contributed by atoms with van der Waals surface area (Å²) in [6, 6.07) is 23.4. The Kier molecular flexibility index (Phi) is 6.82. The van der Waals surface area contributed by atoms with Crippen molar-refractivity contribution in [3.8, 4) is 0 Å². The summed E-state index contributed by atoms with van der Waals surface area (Å²) in [5.41, 5.74) is 9.65. The van der Waals surface area contributed by atoms with Gasteiger partial charge in [0.15, 0.2) is 0 Å². The number of benzene rings is 3. The Morgan fingerprint density at radius 3 is 2.18 bits per heavy atom. The number of aryl methyl sites for hydroxylation is 1. The Balaban J connectivity index is 1.64. The minimum atomic E-state index is -0.792. The molecule has 0 aliphatic carbocycles. The Labute approximate surface area is 200 Å². The number of carbonyl (C=O) groups is 2. The van der Waals surface area contributed by atoms with Crippen molar-refractivity contribution in [3.63, 3.8) is 0 Å². The summed E-state index contributed by atoms with van der Waals surface area (Å²) in [7, 11) is 0. The van der Waals surface area contributed by atoms with Crippen LogP contribution in [0.5, 0.6) is 0 Å². The first-order valence-corrected chi connectivity index (χ1v) is 11.4. The Morgan fingerprint density at radius 1 is 0.909 bits per heavy atom. The predicted octanol–water partition coefficient (Wildman–Crippen LogP) is 5.28. The number of thioether (sulfide) groups is 1. The lowest BCUT2D eigenvalue weighted by atomic mass is 10.1. The van der Waals surface area contributed by atoms with Gasteiger partial charge in [0.2, 0.25) is 5.91 Å². The smallest absolute Gasteiger partial charge is 0.260 e. The van der Waals surface area contributed by atoms with Crippen LogP contribution in [0.4, 0.5) is 17.1 Å². The van der Waals surface area contributed by atoms with Crippen LogP contribution in [-0.2, 0) is 9.59 Å². The average Bonchev–Trinajstić information content (AvgIpc) is 3.13. The van der Waals surface area contributed by atoms with Crippen LogP contribution in [0, 0.1) is 6.92 Å². The number of rotatable bonds is 5. The first-order chi connectivity index (χ1) is 15.9. The molecule has 3 aromatic rings. The molecule has 0 fully saturated rings. The number of para-hydroxylation sites is 1. The summed E-state index contributed by atoms with van der Waals surface area (Å²) in [4.78, 5) is 30.8. The molecule has 3 aromatic carbocycles. The Morgan fingerprint density at radius 2 is 1.52 bits per heavy atom. The van der Waals surface area contributed by atoms with E-state index in [0.717, 1.165) is 17.3 Å². The van der Waals surface area contributed by atoms with Gasteiger partial charge in [-0.15, -0.1) is 0 Å². The fraction of sp³-hybridized carbons (Fsp3) is 0.0800. The van der Waals surface area contributed by atoms with E-state index in [0.29, 0.717) is 27.1 Å². The predicted molar refractivity (Wildman–Crippen MR) is 136 cm³/mol. The molecular weight excluding hydrogens is 456 g/mol. The second-order valence-electron chi connectivity index (χ2n) is 7.40. The van der Waals surface area contributed by atoms with E-state index >= 15 is 0 Å². The maximum absolute atomic E-state index is 13.2. The number of aliphatic imine (C=N–C) groups is 1. The molecule has 0 bridgehead atoms. The number of amides is 2. The molecule has 0 saturated carbocycles. The lowest BCUT2D eigenvalue weighted by Crippen LogP contribution is -2.29. The van der Waals surface area contributed by atoms with Gasteiger partial charge in [0.1, 0.15) is 10.3 Å². The van der Waals surface area contributed by atoms with Crippen LogP contribution in [0.2, 0.25) is 5.02 Å². The molecule has 0 saturated heterocycles. The van der Waals surface area contributed by atoms with Crippen LogP contribution < -0.4 is 16.4 Å². The molecular formula is C25H21ClN4O2S. The van der Waals surface area contributed by atoms with Crippen molar-refractivity contribution in [2.24, 2.45) is 10.7 Å². The molecule has 1 atom stereocenters. The molecule has 0 aromatic heterocycles. The van der Waals surface area contributed by atoms with E-state index < -0.39 is 11.2 Å². The van der Waals surface area contributed by atoms with Gasteiger partial charge in [-0.05, 0) is 55.5 Å². The van der Waals surface area contributed by atoms with Crippen molar-refractivity contribution in [2.75, 3.05) is 10.6 Å². The molecule has 4 N–H and O–H groups in total. The highest BCUT2D eigenvalue weighted by Gasteiger charge is 2.38. The van der Waals surface area contributed by atoms with E-state index in [9.17, 15) is 9.59 Å². The van der Waals surface area contributed by atoms with Gasteiger partial charge in [-0.25, -0.2) is 4.99 Å². The molecule has 1 heterocycles. The second kappa shape index (κ2) is 9.94. The molecule has 33 heavy (non-hydrogen) atoms. The van der Waals surface area contributed by atoms with Crippen molar-refractivity contribution >= 4 is 57.3 Å². The number of nitrogens with one attached hydrogen (secondary N) is 2. The molecule has 1 unspecified atom stereocenters. The molecule has 1 aliphatic heterocycles. The Hall–Kier alpha value is -3.55. The van der Waals surface area contributed by atoms with Crippen molar-refractivity contribution in [1.29, 1.82) is 0 Å². The highest BCUT2D eigenvalue weighted by atomic mass is 35.5. The van der Waals surface area contributed by atoms with Crippen molar-refractivity contribution < 1.29 is 9.59 Å². The molecule has 2 amide bonds. The molecule has 0 radical (unpaired) electrons.